The summed E-state index contributed by atoms with van der Waals surface area (Å²) in [4.78, 5) is 2.35. The van der Waals surface area contributed by atoms with E-state index in [0.717, 1.165) is 13.0 Å². The van der Waals surface area contributed by atoms with Crippen LogP contribution in [0, 0.1) is 6.92 Å². The fourth-order valence-electron chi connectivity index (χ4n) is 2.44. The van der Waals surface area contributed by atoms with Gasteiger partial charge in [-0.1, -0.05) is 37.6 Å². The predicted octanol–water partition coefficient (Wildman–Crippen LogP) is 5.91. The van der Waals surface area contributed by atoms with E-state index in [0.29, 0.717) is 0 Å². The Labute approximate surface area is 129 Å². The van der Waals surface area contributed by atoms with Crippen LogP contribution in [-0.4, -0.2) is 6.54 Å². The number of anilines is 2. The Morgan fingerprint density at radius 3 is 2.10 bits per heavy atom. The van der Waals surface area contributed by atoms with Crippen molar-refractivity contribution in [3.05, 3.63) is 72.8 Å². The third-order valence-corrected chi connectivity index (χ3v) is 3.42. The minimum atomic E-state index is 0.983. The molecule has 2 aromatic rings. The first-order valence-corrected chi connectivity index (χ1v) is 7.67. The maximum Gasteiger partial charge on any atom is 0.0413 e. The van der Waals surface area contributed by atoms with Crippen molar-refractivity contribution in [2.24, 2.45) is 0 Å². The van der Waals surface area contributed by atoms with Crippen LogP contribution < -0.4 is 4.90 Å². The molecule has 0 aliphatic carbocycles. The molecule has 0 aliphatic rings. The first-order chi connectivity index (χ1) is 10.2. The van der Waals surface area contributed by atoms with E-state index in [2.05, 4.69) is 87.4 Å². The summed E-state index contributed by atoms with van der Waals surface area (Å²) in [6.45, 7) is 13.5. The lowest BCUT2D eigenvalue weighted by molar-refractivity contribution is 0.920. The van der Waals surface area contributed by atoms with Gasteiger partial charge in [-0.2, -0.15) is 0 Å². The second kappa shape index (κ2) is 9.02. The topological polar surface area (TPSA) is 3.24 Å². The van der Waals surface area contributed by atoms with Crippen molar-refractivity contribution >= 4 is 11.4 Å². The highest BCUT2D eigenvalue weighted by Gasteiger charge is 2.06. The molecule has 21 heavy (non-hydrogen) atoms. The van der Waals surface area contributed by atoms with Gasteiger partial charge in [-0.3, -0.25) is 0 Å². The molecular weight excluding hydrogens is 254 g/mol. The molecule has 0 bridgehead atoms. The molecule has 0 saturated carbocycles. The summed E-state index contributed by atoms with van der Waals surface area (Å²) >= 11 is 0. The molecule has 0 amide bonds. The van der Waals surface area contributed by atoms with Crippen molar-refractivity contribution in [3.8, 4) is 0 Å². The standard InChI is InChI=1S/C18H23N.C2H4/c1-4-7-16-10-12-17(13-11-16)19(5-2)18-9-6-8-15(3)14-18;1-2/h6,8-14H,4-5,7H2,1-3H3;1-2H2. The molecular formula is C20H27N. The molecule has 2 rings (SSSR count). The first kappa shape index (κ1) is 17.0. The van der Waals surface area contributed by atoms with E-state index in [1.165, 1.54) is 28.9 Å². The Morgan fingerprint density at radius 2 is 1.57 bits per heavy atom. The largest absolute Gasteiger partial charge is 0.342 e. The van der Waals surface area contributed by atoms with E-state index in [4.69, 9.17) is 0 Å². The van der Waals surface area contributed by atoms with Crippen LogP contribution in [0.2, 0.25) is 0 Å². The van der Waals surface area contributed by atoms with Crippen LogP contribution >= 0.6 is 0 Å². The van der Waals surface area contributed by atoms with Crippen molar-refractivity contribution in [3.63, 3.8) is 0 Å². The highest BCUT2D eigenvalue weighted by molar-refractivity contribution is 5.63. The number of hydrogen-bond acceptors (Lipinski definition) is 1. The first-order valence-electron chi connectivity index (χ1n) is 7.67. The number of hydrogen-bond donors (Lipinski definition) is 0. The summed E-state index contributed by atoms with van der Waals surface area (Å²) in [6, 6.07) is 17.6. The molecule has 0 N–H and O–H groups in total. The number of aryl methyl sites for hydroxylation is 2. The van der Waals surface area contributed by atoms with Crippen LogP contribution in [0.1, 0.15) is 31.4 Å². The molecule has 0 spiro atoms. The second-order valence-electron chi connectivity index (χ2n) is 5.00. The lowest BCUT2D eigenvalue weighted by Gasteiger charge is -2.24. The second-order valence-corrected chi connectivity index (χ2v) is 5.00. The third kappa shape index (κ3) is 4.78. The molecule has 0 aromatic heterocycles. The number of rotatable bonds is 5. The van der Waals surface area contributed by atoms with Crippen LogP contribution in [-0.2, 0) is 6.42 Å². The van der Waals surface area contributed by atoms with Crippen molar-refractivity contribution < 1.29 is 0 Å². The van der Waals surface area contributed by atoms with E-state index < -0.39 is 0 Å². The zero-order chi connectivity index (χ0) is 15.7. The van der Waals surface area contributed by atoms with Crippen molar-refractivity contribution in [1.29, 1.82) is 0 Å². The van der Waals surface area contributed by atoms with E-state index in [1.807, 2.05) is 0 Å². The third-order valence-electron chi connectivity index (χ3n) is 3.42. The molecule has 0 heterocycles. The molecule has 0 aliphatic heterocycles. The maximum atomic E-state index is 3.00. The van der Waals surface area contributed by atoms with Crippen molar-refractivity contribution in [2.75, 3.05) is 11.4 Å². The average molecular weight is 281 g/mol. The fraction of sp³-hybridized carbons (Fsp3) is 0.300. The summed E-state index contributed by atoms with van der Waals surface area (Å²) in [5.74, 6) is 0. The number of nitrogens with zero attached hydrogens (tertiary/aromatic N) is 1. The van der Waals surface area contributed by atoms with Gasteiger partial charge in [-0.15, -0.1) is 13.2 Å². The quantitative estimate of drug-likeness (QED) is 0.616. The van der Waals surface area contributed by atoms with Gasteiger partial charge in [0.2, 0.25) is 0 Å². The van der Waals surface area contributed by atoms with E-state index in [9.17, 15) is 0 Å². The van der Waals surface area contributed by atoms with Crippen molar-refractivity contribution in [2.45, 2.75) is 33.6 Å². The molecule has 112 valence electrons. The zero-order valence-corrected chi connectivity index (χ0v) is 13.6. The summed E-state index contributed by atoms with van der Waals surface area (Å²) in [6.07, 6.45) is 2.37. The van der Waals surface area contributed by atoms with Gasteiger partial charge in [-0.05, 0) is 55.7 Å². The Bertz CT molecular complexity index is 528. The minimum absolute atomic E-state index is 0.983. The lowest BCUT2D eigenvalue weighted by Crippen LogP contribution is -2.15. The van der Waals surface area contributed by atoms with Crippen LogP contribution in [0.4, 0.5) is 11.4 Å². The van der Waals surface area contributed by atoms with Gasteiger partial charge in [-0.25, -0.2) is 0 Å². The summed E-state index contributed by atoms with van der Waals surface area (Å²) in [5.41, 5.74) is 5.27. The Balaban J connectivity index is 0.00000106. The van der Waals surface area contributed by atoms with Crippen LogP contribution in [0.3, 0.4) is 0 Å². The lowest BCUT2D eigenvalue weighted by atomic mass is 10.1. The fourth-order valence-corrected chi connectivity index (χ4v) is 2.44. The van der Waals surface area contributed by atoms with Gasteiger partial charge in [0.15, 0.2) is 0 Å². The van der Waals surface area contributed by atoms with E-state index in [1.54, 1.807) is 0 Å². The van der Waals surface area contributed by atoms with Crippen molar-refractivity contribution in [1.82, 2.24) is 0 Å². The Hall–Kier alpha value is -2.02. The monoisotopic (exact) mass is 281 g/mol. The smallest absolute Gasteiger partial charge is 0.0413 e. The van der Waals surface area contributed by atoms with Gasteiger partial charge in [0.05, 0.1) is 0 Å². The normalized spacial score (nSPS) is 9.67. The molecule has 1 heteroatoms. The molecule has 0 radical (unpaired) electrons. The van der Waals surface area contributed by atoms with E-state index in [-0.39, 0.29) is 0 Å². The summed E-state index contributed by atoms with van der Waals surface area (Å²) in [7, 11) is 0. The predicted molar refractivity (Wildman–Crippen MR) is 95.6 cm³/mol. The van der Waals surface area contributed by atoms with Gasteiger partial charge < -0.3 is 4.90 Å². The van der Waals surface area contributed by atoms with Crippen LogP contribution in [0.5, 0.6) is 0 Å². The number of benzene rings is 2. The van der Waals surface area contributed by atoms with Gasteiger partial charge in [0, 0.05) is 17.9 Å². The van der Waals surface area contributed by atoms with Crippen LogP contribution in [0.25, 0.3) is 0 Å². The molecule has 0 saturated heterocycles. The van der Waals surface area contributed by atoms with Gasteiger partial charge in [0.1, 0.15) is 0 Å². The highest BCUT2D eigenvalue weighted by Crippen LogP contribution is 2.26. The van der Waals surface area contributed by atoms with Crippen LogP contribution in [0.15, 0.2) is 61.7 Å². The zero-order valence-electron chi connectivity index (χ0n) is 13.6. The summed E-state index contributed by atoms with van der Waals surface area (Å²) < 4.78 is 0. The minimum Gasteiger partial charge on any atom is -0.342 e. The molecule has 0 unspecified atom stereocenters. The Kier molecular flexibility index (Phi) is 7.31. The maximum absolute atomic E-state index is 3.00. The van der Waals surface area contributed by atoms with Gasteiger partial charge in [0.25, 0.3) is 0 Å². The van der Waals surface area contributed by atoms with Gasteiger partial charge >= 0.3 is 0 Å². The molecule has 2 aromatic carbocycles. The highest BCUT2D eigenvalue weighted by atomic mass is 15.1. The molecule has 0 atom stereocenters. The summed E-state index contributed by atoms with van der Waals surface area (Å²) in [5, 5.41) is 0. The molecule has 1 nitrogen and oxygen atoms in total. The van der Waals surface area contributed by atoms with E-state index >= 15 is 0 Å². The SMILES string of the molecule is C=C.CCCc1ccc(N(CC)c2cccc(C)c2)cc1. The molecule has 0 fully saturated rings. The average Bonchev–Trinajstić information content (AvgIpc) is 2.52. The Morgan fingerprint density at radius 1 is 0.905 bits per heavy atom.